The van der Waals surface area contributed by atoms with E-state index in [-0.39, 0.29) is 5.82 Å². The highest BCUT2D eigenvalue weighted by molar-refractivity contribution is 7.10. The fourth-order valence-electron chi connectivity index (χ4n) is 1.60. The molecular formula is C13H13FOS. The molecule has 2 rings (SSSR count). The Morgan fingerprint density at radius 1 is 1.31 bits per heavy atom. The van der Waals surface area contributed by atoms with Crippen LogP contribution in [-0.4, -0.2) is 5.11 Å². The molecule has 1 aromatic carbocycles. The molecule has 1 unspecified atom stereocenters. The van der Waals surface area contributed by atoms with Gasteiger partial charge in [0.25, 0.3) is 0 Å². The highest BCUT2D eigenvalue weighted by Crippen LogP contribution is 2.23. The van der Waals surface area contributed by atoms with Gasteiger partial charge in [-0.1, -0.05) is 12.1 Å². The molecule has 0 saturated heterocycles. The Hall–Kier alpha value is -1.19. The highest BCUT2D eigenvalue weighted by Gasteiger charge is 2.09. The first kappa shape index (κ1) is 11.3. The number of rotatable bonds is 3. The standard InChI is InChI=1S/C13H13FOS/c1-9-6-11(8-16-9)13(15)7-10-2-4-12(14)5-3-10/h2-6,8,13,15H,7H2,1H3. The summed E-state index contributed by atoms with van der Waals surface area (Å²) in [5.74, 6) is -0.246. The maximum absolute atomic E-state index is 12.7. The topological polar surface area (TPSA) is 20.2 Å². The molecule has 0 radical (unpaired) electrons. The Kier molecular flexibility index (Phi) is 3.36. The second kappa shape index (κ2) is 4.76. The maximum atomic E-state index is 12.7. The van der Waals surface area contributed by atoms with E-state index in [1.807, 2.05) is 18.4 Å². The number of aliphatic hydroxyl groups is 1. The SMILES string of the molecule is Cc1cc(C(O)Cc2ccc(F)cc2)cs1. The van der Waals surface area contributed by atoms with Gasteiger partial charge < -0.3 is 5.11 Å². The summed E-state index contributed by atoms with van der Waals surface area (Å²) in [7, 11) is 0. The van der Waals surface area contributed by atoms with Crippen molar-refractivity contribution in [2.24, 2.45) is 0 Å². The lowest BCUT2D eigenvalue weighted by Crippen LogP contribution is -2.00. The van der Waals surface area contributed by atoms with Crippen LogP contribution in [0.3, 0.4) is 0 Å². The molecule has 1 atom stereocenters. The van der Waals surface area contributed by atoms with E-state index in [2.05, 4.69) is 0 Å². The van der Waals surface area contributed by atoms with E-state index in [1.54, 1.807) is 23.5 Å². The number of hydrogen-bond acceptors (Lipinski definition) is 2. The molecule has 0 aliphatic heterocycles. The summed E-state index contributed by atoms with van der Waals surface area (Å²) < 4.78 is 12.7. The molecule has 0 bridgehead atoms. The van der Waals surface area contributed by atoms with Crippen LogP contribution in [0, 0.1) is 12.7 Å². The van der Waals surface area contributed by atoms with Crippen molar-refractivity contribution in [3.8, 4) is 0 Å². The monoisotopic (exact) mass is 236 g/mol. The Labute approximate surface area is 98.2 Å². The quantitative estimate of drug-likeness (QED) is 0.865. The minimum atomic E-state index is -0.504. The van der Waals surface area contributed by atoms with Crippen molar-refractivity contribution in [2.75, 3.05) is 0 Å². The number of halogens is 1. The van der Waals surface area contributed by atoms with Crippen LogP contribution in [0.15, 0.2) is 35.7 Å². The van der Waals surface area contributed by atoms with Crippen molar-refractivity contribution in [1.82, 2.24) is 0 Å². The first-order valence-electron chi connectivity index (χ1n) is 5.12. The molecule has 0 saturated carbocycles. The summed E-state index contributed by atoms with van der Waals surface area (Å²) in [5, 5.41) is 11.9. The third-order valence-corrected chi connectivity index (χ3v) is 3.36. The molecule has 3 heteroatoms. The van der Waals surface area contributed by atoms with Gasteiger partial charge >= 0.3 is 0 Å². The van der Waals surface area contributed by atoms with Gasteiger partial charge in [-0.05, 0) is 41.6 Å². The lowest BCUT2D eigenvalue weighted by atomic mass is 10.0. The molecule has 2 aromatic rings. The van der Waals surface area contributed by atoms with Gasteiger partial charge in [0.15, 0.2) is 0 Å². The molecule has 16 heavy (non-hydrogen) atoms. The van der Waals surface area contributed by atoms with Crippen LogP contribution in [0.25, 0.3) is 0 Å². The Balaban J connectivity index is 2.07. The molecule has 1 nitrogen and oxygen atoms in total. The van der Waals surface area contributed by atoms with Gasteiger partial charge in [-0.3, -0.25) is 0 Å². The molecule has 1 heterocycles. The second-order valence-corrected chi connectivity index (χ2v) is 4.95. The third kappa shape index (κ3) is 2.68. The number of thiophene rings is 1. The van der Waals surface area contributed by atoms with Gasteiger partial charge in [-0.2, -0.15) is 0 Å². The largest absolute Gasteiger partial charge is 0.388 e. The van der Waals surface area contributed by atoms with Gasteiger partial charge in [-0.15, -0.1) is 11.3 Å². The molecule has 1 N–H and O–H groups in total. The zero-order chi connectivity index (χ0) is 11.5. The third-order valence-electron chi connectivity index (χ3n) is 2.48. The fourth-order valence-corrected chi connectivity index (χ4v) is 2.35. The van der Waals surface area contributed by atoms with Gasteiger partial charge in [0, 0.05) is 11.3 Å². The lowest BCUT2D eigenvalue weighted by Gasteiger charge is -2.08. The first-order chi connectivity index (χ1) is 7.65. The smallest absolute Gasteiger partial charge is 0.123 e. The fraction of sp³-hybridized carbons (Fsp3) is 0.231. The van der Waals surface area contributed by atoms with Crippen LogP contribution in [-0.2, 0) is 6.42 Å². The lowest BCUT2D eigenvalue weighted by molar-refractivity contribution is 0.179. The molecule has 1 aromatic heterocycles. The van der Waals surface area contributed by atoms with Crippen molar-refractivity contribution in [3.63, 3.8) is 0 Å². The van der Waals surface area contributed by atoms with E-state index in [9.17, 15) is 9.50 Å². The minimum Gasteiger partial charge on any atom is -0.388 e. The van der Waals surface area contributed by atoms with Crippen molar-refractivity contribution in [1.29, 1.82) is 0 Å². The predicted molar refractivity (Wildman–Crippen MR) is 64.1 cm³/mol. The van der Waals surface area contributed by atoms with Gasteiger partial charge in [-0.25, -0.2) is 4.39 Å². The molecular weight excluding hydrogens is 223 g/mol. The second-order valence-electron chi connectivity index (χ2n) is 3.84. The minimum absolute atomic E-state index is 0.246. The van der Waals surface area contributed by atoms with E-state index in [4.69, 9.17) is 0 Å². The van der Waals surface area contributed by atoms with E-state index < -0.39 is 6.10 Å². The van der Waals surface area contributed by atoms with Crippen molar-refractivity contribution >= 4 is 11.3 Å². The van der Waals surface area contributed by atoms with Gasteiger partial charge in [0.1, 0.15) is 5.82 Å². The summed E-state index contributed by atoms with van der Waals surface area (Å²) in [5.41, 5.74) is 1.88. The zero-order valence-corrected chi connectivity index (χ0v) is 9.80. The normalized spacial score (nSPS) is 12.7. The van der Waals surface area contributed by atoms with E-state index >= 15 is 0 Å². The Morgan fingerprint density at radius 2 is 2.00 bits per heavy atom. The van der Waals surface area contributed by atoms with Crippen LogP contribution in [0.2, 0.25) is 0 Å². The van der Waals surface area contributed by atoms with E-state index in [0.29, 0.717) is 6.42 Å². The molecule has 0 amide bonds. The van der Waals surface area contributed by atoms with Crippen molar-refractivity contribution in [3.05, 3.63) is 57.5 Å². The summed E-state index contributed by atoms with van der Waals surface area (Å²) >= 11 is 1.63. The summed E-state index contributed by atoms with van der Waals surface area (Å²) in [6.07, 6.45) is 0.0200. The number of benzene rings is 1. The molecule has 0 fully saturated rings. The summed E-state index contributed by atoms with van der Waals surface area (Å²) in [4.78, 5) is 1.19. The Morgan fingerprint density at radius 3 is 2.56 bits per heavy atom. The van der Waals surface area contributed by atoms with Crippen molar-refractivity contribution < 1.29 is 9.50 Å². The van der Waals surface area contributed by atoms with E-state index in [0.717, 1.165) is 11.1 Å². The number of hydrogen-bond donors (Lipinski definition) is 1. The molecule has 0 spiro atoms. The van der Waals surface area contributed by atoms with Crippen LogP contribution in [0.4, 0.5) is 4.39 Å². The molecule has 0 aliphatic carbocycles. The number of aliphatic hydroxyl groups excluding tert-OH is 1. The van der Waals surface area contributed by atoms with Crippen LogP contribution < -0.4 is 0 Å². The first-order valence-corrected chi connectivity index (χ1v) is 6.00. The Bertz CT molecular complexity index is 461. The average molecular weight is 236 g/mol. The van der Waals surface area contributed by atoms with Crippen LogP contribution >= 0.6 is 11.3 Å². The van der Waals surface area contributed by atoms with Gasteiger partial charge in [0.2, 0.25) is 0 Å². The molecule has 0 aliphatic rings. The van der Waals surface area contributed by atoms with Crippen LogP contribution in [0.5, 0.6) is 0 Å². The predicted octanol–water partition coefficient (Wildman–Crippen LogP) is 3.47. The number of aryl methyl sites for hydroxylation is 1. The van der Waals surface area contributed by atoms with Crippen molar-refractivity contribution in [2.45, 2.75) is 19.4 Å². The summed E-state index contributed by atoms with van der Waals surface area (Å²) in [6, 6.07) is 8.23. The highest BCUT2D eigenvalue weighted by atomic mass is 32.1. The van der Waals surface area contributed by atoms with Crippen LogP contribution in [0.1, 0.15) is 22.1 Å². The zero-order valence-electron chi connectivity index (χ0n) is 8.98. The maximum Gasteiger partial charge on any atom is 0.123 e. The summed E-state index contributed by atoms with van der Waals surface area (Å²) in [6.45, 7) is 2.01. The average Bonchev–Trinajstić information content (AvgIpc) is 2.68. The van der Waals surface area contributed by atoms with Gasteiger partial charge in [0.05, 0.1) is 6.10 Å². The van der Waals surface area contributed by atoms with E-state index in [1.165, 1.54) is 17.0 Å². The molecule has 84 valence electrons.